The Morgan fingerprint density at radius 3 is 2.80 bits per heavy atom. The fraction of sp³-hybridized carbons (Fsp3) is 0.133. The topological polar surface area (TPSA) is 55.6 Å². The molecule has 0 bridgehead atoms. The molecule has 1 heterocycles. The summed E-state index contributed by atoms with van der Waals surface area (Å²) in [5.74, 6) is 0. The number of rotatable bonds is 4. The van der Waals surface area contributed by atoms with Gasteiger partial charge < -0.3 is 5.32 Å². The van der Waals surface area contributed by atoms with Crippen LogP contribution in [0.15, 0.2) is 54.9 Å². The van der Waals surface area contributed by atoms with Gasteiger partial charge in [0, 0.05) is 12.2 Å². The molecule has 0 radical (unpaired) electrons. The van der Waals surface area contributed by atoms with Gasteiger partial charge in [-0.3, -0.25) is 0 Å². The van der Waals surface area contributed by atoms with Crippen molar-refractivity contribution >= 4 is 5.69 Å². The van der Waals surface area contributed by atoms with Gasteiger partial charge in [-0.05, 0) is 46.7 Å². The number of anilines is 1. The van der Waals surface area contributed by atoms with Crippen LogP contribution in [0, 0.1) is 6.92 Å². The first-order valence-electron chi connectivity index (χ1n) is 6.45. The minimum Gasteiger partial charge on any atom is -0.381 e. The minimum absolute atomic E-state index is 0.797. The third kappa shape index (κ3) is 2.66. The van der Waals surface area contributed by atoms with E-state index in [2.05, 4.69) is 52.0 Å². The van der Waals surface area contributed by atoms with E-state index in [1.165, 1.54) is 11.1 Å². The van der Waals surface area contributed by atoms with Gasteiger partial charge in [0.05, 0.1) is 5.69 Å². The van der Waals surface area contributed by atoms with Crippen molar-refractivity contribution in [2.45, 2.75) is 13.5 Å². The van der Waals surface area contributed by atoms with Crippen LogP contribution in [0.5, 0.6) is 0 Å². The van der Waals surface area contributed by atoms with Crippen molar-refractivity contribution in [1.82, 2.24) is 20.2 Å². The molecule has 100 valence electrons. The predicted molar refractivity (Wildman–Crippen MR) is 77.7 cm³/mol. The highest BCUT2D eigenvalue weighted by Gasteiger charge is 2.01. The first kappa shape index (κ1) is 12.3. The van der Waals surface area contributed by atoms with E-state index in [-0.39, 0.29) is 0 Å². The van der Waals surface area contributed by atoms with Gasteiger partial charge in [-0.2, -0.15) is 0 Å². The van der Waals surface area contributed by atoms with Gasteiger partial charge in [-0.15, -0.1) is 5.10 Å². The Bertz CT molecular complexity index is 691. The van der Waals surface area contributed by atoms with E-state index >= 15 is 0 Å². The van der Waals surface area contributed by atoms with E-state index < -0.39 is 0 Å². The maximum absolute atomic E-state index is 3.89. The van der Waals surface area contributed by atoms with Crippen LogP contribution in [0.25, 0.3) is 5.69 Å². The van der Waals surface area contributed by atoms with E-state index in [0.717, 1.165) is 17.9 Å². The number of nitrogens with one attached hydrogen (secondary N) is 1. The van der Waals surface area contributed by atoms with Gasteiger partial charge in [0.15, 0.2) is 0 Å². The largest absolute Gasteiger partial charge is 0.381 e. The molecule has 0 aliphatic carbocycles. The lowest BCUT2D eigenvalue weighted by atomic mass is 10.1. The van der Waals surface area contributed by atoms with Crippen LogP contribution in [0.3, 0.4) is 0 Å². The molecule has 3 rings (SSSR count). The molecule has 0 atom stereocenters. The van der Waals surface area contributed by atoms with Crippen LogP contribution in [-0.2, 0) is 6.54 Å². The van der Waals surface area contributed by atoms with Crippen molar-refractivity contribution in [3.05, 3.63) is 66.0 Å². The van der Waals surface area contributed by atoms with Crippen LogP contribution < -0.4 is 5.32 Å². The molecule has 0 spiro atoms. The van der Waals surface area contributed by atoms with E-state index in [4.69, 9.17) is 0 Å². The Labute approximate surface area is 117 Å². The molecule has 20 heavy (non-hydrogen) atoms. The highest BCUT2D eigenvalue weighted by Crippen LogP contribution is 2.15. The molecular formula is C15H15N5. The molecule has 0 saturated carbocycles. The van der Waals surface area contributed by atoms with Gasteiger partial charge in [0.2, 0.25) is 0 Å². The molecule has 3 aromatic rings. The fourth-order valence-corrected chi connectivity index (χ4v) is 2.04. The van der Waals surface area contributed by atoms with Crippen molar-refractivity contribution in [2.24, 2.45) is 0 Å². The average Bonchev–Trinajstić information content (AvgIpc) is 3.01. The number of aryl methyl sites for hydroxylation is 1. The molecule has 1 N–H and O–H groups in total. The van der Waals surface area contributed by atoms with Crippen molar-refractivity contribution in [2.75, 3.05) is 5.32 Å². The third-order valence-electron chi connectivity index (χ3n) is 3.20. The van der Waals surface area contributed by atoms with Gasteiger partial charge in [0.1, 0.15) is 6.33 Å². The Hall–Kier alpha value is -2.69. The second-order valence-electron chi connectivity index (χ2n) is 4.58. The summed E-state index contributed by atoms with van der Waals surface area (Å²) >= 11 is 0. The minimum atomic E-state index is 0.797. The summed E-state index contributed by atoms with van der Waals surface area (Å²) < 4.78 is 1.64. The molecular weight excluding hydrogens is 250 g/mol. The summed E-state index contributed by atoms with van der Waals surface area (Å²) in [5.41, 5.74) is 4.56. The fourth-order valence-electron chi connectivity index (χ4n) is 2.04. The van der Waals surface area contributed by atoms with Gasteiger partial charge in [0.25, 0.3) is 0 Å². The van der Waals surface area contributed by atoms with Crippen LogP contribution >= 0.6 is 0 Å². The number of tetrazole rings is 1. The number of nitrogens with zero attached hydrogens (tertiary/aromatic N) is 4. The van der Waals surface area contributed by atoms with Gasteiger partial charge in [-0.1, -0.05) is 30.3 Å². The van der Waals surface area contributed by atoms with E-state index in [1.807, 2.05) is 24.3 Å². The summed E-state index contributed by atoms with van der Waals surface area (Å²) in [6.07, 6.45) is 1.58. The Balaban J connectivity index is 1.75. The molecule has 0 amide bonds. The summed E-state index contributed by atoms with van der Waals surface area (Å²) in [4.78, 5) is 0. The van der Waals surface area contributed by atoms with Crippen molar-refractivity contribution < 1.29 is 0 Å². The Morgan fingerprint density at radius 1 is 1.10 bits per heavy atom. The summed E-state index contributed by atoms with van der Waals surface area (Å²) in [7, 11) is 0. The highest BCUT2D eigenvalue weighted by molar-refractivity contribution is 5.51. The van der Waals surface area contributed by atoms with Crippen LogP contribution in [0.4, 0.5) is 5.69 Å². The lowest BCUT2D eigenvalue weighted by Crippen LogP contribution is -2.02. The molecule has 0 fully saturated rings. The zero-order valence-corrected chi connectivity index (χ0v) is 11.2. The predicted octanol–water partition coefficient (Wildman–Crippen LogP) is 2.58. The molecule has 0 unspecified atom stereocenters. The van der Waals surface area contributed by atoms with Crippen molar-refractivity contribution in [3.8, 4) is 5.69 Å². The second kappa shape index (κ2) is 5.52. The zero-order valence-electron chi connectivity index (χ0n) is 11.2. The maximum atomic E-state index is 3.89. The van der Waals surface area contributed by atoms with E-state index in [0.29, 0.717) is 0 Å². The smallest absolute Gasteiger partial charge is 0.143 e. The summed E-state index contributed by atoms with van der Waals surface area (Å²) in [5, 5.41) is 14.6. The maximum Gasteiger partial charge on any atom is 0.143 e. The Kier molecular flexibility index (Phi) is 3.41. The summed E-state index contributed by atoms with van der Waals surface area (Å²) in [6, 6.07) is 16.4. The lowest BCUT2D eigenvalue weighted by Gasteiger charge is -2.10. The zero-order chi connectivity index (χ0) is 13.8. The number of aromatic nitrogens is 4. The van der Waals surface area contributed by atoms with Crippen LogP contribution in [0.2, 0.25) is 0 Å². The lowest BCUT2D eigenvalue weighted by molar-refractivity contribution is 0.789. The molecule has 2 aromatic carbocycles. The van der Waals surface area contributed by atoms with Crippen molar-refractivity contribution in [1.29, 1.82) is 0 Å². The second-order valence-corrected chi connectivity index (χ2v) is 4.58. The number of hydrogen-bond donors (Lipinski definition) is 1. The highest BCUT2D eigenvalue weighted by atomic mass is 15.5. The van der Waals surface area contributed by atoms with E-state index in [1.54, 1.807) is 11.0 Å². The quantitative estimate of drug-likeness (QED) is 0.787. The standard InChI is InChI=1S/C15H15N5/c1-12-5-2-3-6-13(12)10-16-14-7-4-8-15(9-14)20-11-17-18-19-20/h2-9,11,16H,10H2,1H3. The Morgan fingerprint density at radius 2 is 2.00 bits per heavy atom. The average molecular weight is 265 g/mol. The van der Waals surface area contributed by atoms with Gasteiger partial charge >= 0.3 is 0 Å². The SMILES string of the molecule is Cc1ccccc1CNc1cccc(-n2cnnn2)c1. The monoisotopic (exact) mass is 265 g/mol. The molecule has 1 aromatic heterocycles. The molecule has 5 nitrogen and oxygen atoms in total. The van der Waals surface area contributed by atoms with Crippen LogP contribution in [0.1, 0.15) is 11.1 Å². The molecule has 0 saturated heterocycles. The summed E-state index contributed by atoms with van der Waals surface area (Å²) in [6.45, 7) is 2.92. The normalized spacial score (nSPS) is 10.4. The van der Waals surface area contributed by atoms with Crippen LogP contribution in [-0.4, -0.2) is 20.2 Å². The van der Waals surface area contributed by atoms with E-state index in [9.17, 15) is 0 Å². The van der Waals surface area contributed by atoms with Crippen molar-refractivity contribution in [3.63, 3.8) is 0 Å². The number of benzene rings is 2. The first-order valence-corrected chi connectivity index (χ1v) is 6.45. The third-order valence-corrected chi connectivity index (χ3v) is 3.20. The number of hydrogen-bond acceptors (Lipinski definition) is 4. The molecule has 5 heteroatoms. The molecule has 0 aliphatic heterocycles. The molecule has 0 aliphatic rings. The first-order chi connectivity index (χ1) is 9.83. The van der Waals surface area contributed by atoms with Gasteiger partial charge in [-0.25, -0.2) is 4.68 Å².